The van der Waals surface area contributed by atoms with E-state index in [-0.39, 0.29) is 11.4 Å². The van der Waals surface area contributed by atoms with E-state index in [9.17, 15) is 10.1 Å². The molecule has 3 aromatic rings. The maximum atomic E-state index is 11.7. The molecule has 0 aliphatic carbocycles. The molecule has 0 saturated carbocycles. The van der Waals surface area contributed by atoms with Crippen LogP contribution in [0.15, 0.2) is 60.2 Å². The lowest BCUT2D eigenvalue weighted by Gasteiger charge is -2.06. The quantitative estimate of drug-likeness (QED) is 0.533. The minimum Gasteiger partial charge on any atom is -0.343 e. The molecule has 0 spiro atoms. The summed E-state index contributed by atoms with van der Waals surface area (Å²) in [5.74, 6) is -0.223. The third kappa shape index (κ3) is 2.56. The summed E-state index contributed by atoms with van der Waals surface area (Å²) in [5.41, 5.74) is 4.19. The maximum Gasteiger partial charge on any atom is 0.170 e. The number of allylic oxidation sites excluding steroid dienone is 1. The normalized spacial score (nSPS) is 11.4. The Hall–Kier alpha value is -3.12. The van der Waals surface area contributed by atoms with Crippen molar-refractivity contribution < 1.29 is 4.79 Å². The van der Waals surface area contributed by atoms with Crippen molar-refractivity contribution in [3.05, 3.63) is 65.7 Å². The molecule has 0 atom stereocenters. The van der Waals surface area contributed by atoms with E-state index in [1.54, 1.807) is 6.08 Å². The fraction of sp³-hybridized carbons (Fsp3) is 0.100. The minimum atomic E-state index is -0.223. The molecule has 0 saturated heterocycles. The lowest BCUT2D eigenvalue weighted by molar-refractivity contribution is -0.113. The Bertz CT molecular complexity index is 956. The molecule has 3 nitrogen and oxygen atoms in total. The first-order valence-electron chi connectivity index (χ1n) is 7.39. The molecule has 0 fully saturated rings. The average molecular weight is 300 g/mol. The lowest BCUT2D eigenvalue weighted by Crippen LogP contribution is -1.95. The Morgan fingerprint density at radius 1 is 1.09 bits per heavy atom. The molecule has 0 unspecified atom stereocenters. The molecule has 0 radical (unpaired) electrons. The van der Waals surface area contributed by atoms with Gasteiger partial charge in [0, 0.05) is 23.5 Å². The molecule has 3 rings (SSSR count). The van der Waals surface area contributed by atoms with Crippen molar-refractivity contribution in [2.45, 2.75) is 6.92 Å². The van der Waals surface area contributed by atoms with Gasteiger partial charge in [0.2, 0.25) is 0 Å². The van der Waals surface area contributed by atoms with Gasteiger partial charge in [0.25, 0.3) is 0 Å². The van der Waals surface area contributed by atoms with Gasteiger partial charge in [-0.25, -0.2) is 0 Å². The summed E-state index contributed by atoms with van der Waals surface area (Å²) in [6.07, 6.45) is 1.70. The van der Waals surface area contributed by atoms with Crippen LogP contribution in [0.4, 0.5) is 0 Å². The van der Waals surface area contributed by atoms with E-state index in [0.717, 1.165) is 27.7 Å². The monoisotopic (exact) mass is 300 g/mol. The van der Waals surface area contributed by atoms with Crippen LogP contribution in [0.3, 0.4) is 0 Å². The fourth-order valence-electron chi connectivity index (χ4n) is 2.87. The van der Waals surface area contributed by atoms with Crippen LogP contribution in [-0.4, -0.2) is 10.4 Å². The number of fused-ring (bicyclic) bond motifs is 1. The van der Waals surface area contributed by atoms with Crippen LogP contribution >= 0.6 is 0 Å². The van der Waals surface area contributed by atoms with Gasteiger partial charge in [-0.3, -0.25) is 4.79 Å². The van der Waals surface area contributed by atoms with E-state index in [4.69, 9.17) is 0 Å². The average Bonchev–Trinajstić information content (AvgIpc) is 2.85. The van der Waals surface area contributed by atoms with Crippen LogP contribution in [-0.2, 0) is 11.8 Å². The number of rotatable bonds is 3. The number of carbonyl (C=O) groups is 1. The second kappa shape index (κ2) is 5.94. The van der Waals surface area contributed by atoms with Crippen molar-refractivity contribution >= 4 is 22.8 Å². The number of carbonyl (C=O) groups excluding carboxylic acids is 1. The van der Waals surface area contributed by atoms with E-state index in [1.807, 2.05) is 67.7 Å². The molecule has 0 amide bonds. The molecular weight excluding hydrogens is 284 g/mol. The Labute approximate surface area is 135 Å². The number of nitrogens with zero attached hydrogens (tertiary/aromatic N) is 2. The van der Waals surface area contributed by atoms with Gasteiger partial charge >= 0.3 is 0 Å². The zero-order chi connectivity index (χ0) is 16.4. The van der Waals surface area contributed by atoms with E-state index in [0.29, 0.717) is 0 Å². The topological polar surface area (TPSA) is 45.8 Å². The third-order valence-electron chi connectivity index (χ3n) is 3.98. The van der Waals surface area contributed by atoms with Gasteiger partial charge in [-0.05, 0) is 24.6 Å². The van der Waals surface area contributed by atoms with Crippen molar-refractivity contribution in [3.8, 4) is 17.3 Å². The zero-order valence-electron chi connectivity index (χ0n) is 13.1. The van der Waals surface area contributed by atoms with Gasteiger partial charge < -0.3 is 4.57 Å². The number of hydrogen-bond donors (Lipinski definition) is 0. The fourth-order valence-corrected chi connectivity index (χ4v) is 2.87. The van der Waals surface area contributed by atoms with Crippen LogP contribution < -0.4 is 0 Å². The third-order valence-corrected chi connectivity index (χ3v) is 3.98. The van der Waals surface area contributed by atoms with Crippen LogP contribution in [0, 0.1) is 11.3 Å². The largest absolute Gasteiger partial charge is 0.343 e. The Balaban J connectivity index is 2.40. The highest BCUT2D eigenvalue weighted by Gasteiger charge is 2.16. The predicted octanol–water partition coefficient (Wildman–Crippen LogP) is 4.34. The number of aryl methyl sites for hydroxylation is 1. The number of hydrogen-bond acceptors (Lipinski definition) is 2. The number of Topliss-reactive ketones (excluding diaryl/α,β-unsaturated/α-hetero) is 1. The number of aromatic nitrogens is 1. The summed E-state index contributed by atoms with van der Waals surface area (Å²) in [4.78, 5) is 11.7. The zero-order valence-corrected chi connectivity index (χ0v) is 13.1. The maximum absolute atomic E-state index is 11.7. The van der Waals surface area contributed by atoms with Crippen molar-refractivity contribution in [3.63, 3.8) is 0 Å². The van der Waals surface area contributed by atoms with Gasteiger partial charge in [-0.2, -0.15) is 5.26 Å². The Morgan fingerprint density at radius 2 is 1.74 bits per heavy atom. The van der Waals surface area contributed by atoms with Crippen LogP contribution in [0.1, 0.15) is 12.5 Å². The van der Waals surface area contributed by atoms with Crippen molar-refractivity contribution in [2.75, 3.05) is 0 Å². The van der Waals surface area contributed by atoms with Crippen molar-refractivity contribution in [2.24, 2.45) is 7.05 Å². The van der Waals surface area contributed by atoms with Crippen LogP contribution in [0.2, 0.25) is 0 Å². The number of nitriles is 1. The molecule has 112 valence electrons. The first-order valence-corrected chi connectivity index (χ1v) is 7.39. The minimum absolute atomic E-state index is 0.165. The standard InChI is InChI=1S/C20H16N2O/c1-14(23)16(13-21)12-18-17-10-6-7-11-19(17)22(2)20(18)15-8-4-3-5-9-15/h3-12H,1-2H3/b16-12+. The van der Waals surface area contributed by atoms with Gasteiger partial charge in [0.15, 0.2) is 5.78 Å². The first kappa shape index (κ1) is 14.8. The van der Waals surface area contributed by atoms with Crippen molar-refractivity contribution in [1.82, 2.24) is 4.57 Å². The molecule has 0 aliphatic rings. The molecule has 1 aromatic heterocycles. The van der Waals surface area contributed by atoms with Gasteiger partial charge in [0.05, 0.1) is 11.3 Å². The van der Waals surface area contributed by atoms with Gasteiger partial charge in [-0.1, -0.05) is 48.5 Å². The van der Waals surface area contributed by atoms with Crippen LogP contribution in [0.25, 0.3) is 28.2 Å². The van der Waals surface area contributed by atoms with Crippen molar-refractivity contribution in [1.29, 1.82) is 5.26 Å². The second-order valence-corrected chi connectivity index (χ2v) is 5.43. The number of benzene rings is 2. The van der Waals surface area contributed by atoms with E-state index >= 15 is 0 Å². The molecular formula is C20H16N2O. The summed E-state index contributed by atoms with van der Waals surface area (Å²) < 4.78 is 2.10. The van der Waals surface area contributed by atoms with Gasteiger partial charge in [-0.15, -0.1) is 0 Å². The molecule has 3 heteroatoms. The van der Waals surface area contributed by atoms with E-state index < -0.39 is 0 Å². The van der Waals surface area contributed by atoms with Crippen LogP contribution in [0.5, 0.6) is 0 Å². The lowest BCUT2D eigenvalue weighted by atomic mass is 10.0. The Kier molecular flexibility index (Phi) is 3.82. The number of ketones is 1. The summed E-state index contributed by atoms with van der Waals surface area (Å²) >= 11 is 0. The smallest absolute Gasteiger partial charge is 0.170 e. The summed E-state index contributed by atoms with van der Waals surface area (Å²) in [7, 11) is 2.00. The highest BCUT2D eigenvalue weighted by Crippen LogP contribution is 2.34. The highest BCUT2D eigenvalue weighted by atomic mass is 16.1. The molecule has 2 aromatic carbocycles. The van der Waals surface area contributed by atoms with E-state index in [1.165, 1.54) is 6.92 Å². The summed E-state index contributed by atoms with van der Waals surface area (Å²) in [6, 6.07) is 20.0. The first-order chi connectivity index (χ1) is 11.1. The number of para-hydroxylation sites is 1. The molecule has 0 bridgehead atoms. The molecule has 23 heavy (non-hydrogen) atoms. The van der Waals surface area contributed by atoms with Gasteiger partial charge in [0.1, 0.15) is 6.07 Å². The molecule has 1 heterocycles. The molecule has 0 aliphatic heterocycles. The summed E-state index contributed by atoms with van der Waals surface area (Å²) in [6.45, 7) is 1.42. The van der Waals surface area contributed by atoms with E-state index in [2.05, 4.69) is 4.57 Å². The SMILES string of the molecule is CC(=O)/C(C#N)=C/c1c(-c2ccccc2)n(C)c2ccccc12. The highest BCUT2D eigenvalue weighted by molar-refractivity contribution is 6.06. The predicted molar refractivity (Wildman–Crippen MR) is 92.6 cm³/mol. The summed E-state index contributed by atoms with van der Waals surface area (Å²) in [5, 5.41) is 10.3. The Morgan fingerprint density at radius 3 is 2.39 bits per heavy atom. The molecule has 0 N–H and O–H groups in total. The second-order valence-electron chi connectivity index (χ2n) is 5.43.